The van der Waals surface area contributed by atoms with E-state index in [9.17, 15) is 0 Å². The molecule has 0 atom stereocenters. The molecule has 0 bridgehead atoms. The highest BCUT2D eigenvalue weighted by Crippen LogP contribution is 2.33. The van der Waals surface area contributed by atoms with E-state index in [0.29, 0.717) is 34.9 Å². The van der Waals surface area contributed by atoms with E-state index in [4.69, 9.17) is 29.9 Å². The molecule has 11 rings (SSSR count). The van der Waals surface area contributed by atoms with Crippen LogP contribution in [0.1, 0.15) is 0 Å². The molecule has 6 heteroatoms. The van der Waals surface area contributed by atoms with Crippen molar-refractivity contribution in [1.82, 2.24) is 29.9 Å². The summed E-state index contributed by atoms with van der Waals surface area (Å²) in [6, 6.07) is 79.2. The van der Waals surface area contributed by atoms with Gasteiger partial charge < -0.3 is 0 Å². The number of hydrogen-bond acceptors (Lipinski definition) is 6. The Morgan fingerprint density at radius 3 is 0.828 bits per heavy atom. The summed E-state index contributed by atoms with van der Waals surface area (Å²) >= 11 is 0. The summed E-state index contributed by atoms with van der Waals surface area (Å²) in [5.74, 6) is 3.79. The third-order valence-electron chi connectivity index (χ3n) is 11.4. The molecule has 0 saturated carbocycles. The standard InChI is InChI=1S/C58H38N6/c1-5-14-39(15-6-1)40-24-30-46(31-25-40)57-62-55(45-20-11-4-12-21-45)63-58(64-57)51-23-13-22-48(36-51)50-35-29-42-28-34-49(37-52(42)38-50)41-26-32-47(33-27-41)56-60-53(43-16-7-2-8-17-43)59-54(61-56)44-18-9-3-10-19-44/h1-38H. The van der Waals surface area contributed by atoms with Crippen LogP contribution in [0.4, 0.5) is 0 Å². The molecule has 0 N–H and O–H groups in total. The van der Waals surface area contributed by atoms with Gasteiger partial charge in [-0.05, 0) is 62.4 Å². The van der Waals surface area contributed by atoms with Crippen LogP contribution in [0.2, 0.25) is 0 Å². The lowest BCUT2D eigenvalue weighted by molar-refractivity contribution is 1.07. The molecule has 0 fully saturated rings. The van der Waals surface area contributed by atoms with Crippen LogP contribution in [0, 0.1) is 0 Å². The van der Waals surface area contributed by atoms with Gasteiger partial charge in [0, 0.05) is 33.4 Å². The summed E-state index contributed by atoms with van der Waals surface area (Å²) in [6.07, 6.45) is 0. The van der Waals surface area contributed by atoms with Gasteiger partial charge in [-0.1, -0.05) is 212 Å². The molecule has 0 aliphatic heterocycles. The van der Waals surface area contributed by atoms with Crippen LogP contribution in [0.3, 0.4) is 0 Å². The van der Waals surface area contributed by atoms with Crippen LogP contribution in [0.15, 0.2) is 231 Å². The highest BCUT2D eigenvalue weighted by molar-refractivity contribution is 5.91. The molecule has 9 aromatic carbocycles. The quantitative estimate of drug-likeness (QED) is 0.144. The third-order valence-corrected chi connectivity index (χ3v) is 11.4. The number of fused-ring (bicyclic) bond motifs is 1. The molecular weight excluding hydrogens is 781 g/mol. The molecule has 2 aromatic heterocycles. The van der Waals surface area contributed by atoms with Crippen molar-refractivity contribution in [3.8, 4) is 102 Å². The second kappa shape index (κ2) is 17.0. The van der Waals surface area contributed by atoms with E-state index in [0.717, 1.165) is 66.6 Å². The van der Waals surface area contributed by atoms with Crippen molar-refractivity contribution < 1.29 is 0 Å². The Balaban J connectivity index is 0.905. The van der Waals surface area contributed by atoms with Crippen LogP contribution in [-0.2, 0) is 0 Å². The molecule has 64 heavy (non-hydrogen) atoms. The molecule has 6 nitrogen and oxygen atoms in total. The largest absolute Gasteiger partial charge is 0.208 e. The van der Waals surface area contributed by atoms with Gasteiger partial charge in [0.2, 0.25) is 0 Å². The first-order chi connectivity index (χ1) is 31.7. The van der Waals surface area contributed by atoms with E-state index in [1.165, 1.54) is 10.9 Å². The van der Waals surface area contributed by atoms with Crippen molar-refractivity contribution in [2.75, 3.05) is 0 Å². The van der Waals surface area contributed by atoms with Gasteiger partial charge in [-0.25, -0.2) is 29.9 Å². The van der Waals surface area contributed by atoms with E-state index < -0.39 is 0 Å². The second-order valence-corrected chi connectivity index (χ2v) is 15.6. The van der Waals surface area contributed by atoms with Gasteiger partial charge in [0.05, 0.1) is 0 Å². The first kappa shape index (κ1) is 38.2. The molecule has 0 radical (unpaired) electrons. The molecule has 0 saturated heterocycles. The van der Waals surface area contributed by atoms with Gasteiger partial charge in [-0.15, -0.1) is 0 Å². The van der Waals surface area contributed by atoms with Crippen molar-refractivity contribution in [3.05, 3.63) is 231 Å². The summed E-state index contributed by atoms with van der Waals surface area (Å²) in [5.41, 5.74) is 12.3. The summed E-state index contributed by atoms with van der Waals surface area (Å²) in [5, 5.41) is 2.31. The molecular formula is C58H38N6. The number of rotatable bonds is 9. The zero-order chi connectivity index (χ0) is 42.7. The molecule has 300 valence electrons. The van der Waals surface area contributed by atoms with Crippen LogP contribution in [0.5, 0.6) is 0 Å². The predicted molar refractivity (Wildman–Crippen MR) is 260 cm³/mol. The molecule has 0 spiro atoms. The van der Waals surface area contributed by atoms with E-state index in [1.54, 1.807) is 0 Å². The van der Waals surface area contributed by atoms with Gasteiger partial charge in [-0.2, -0.15) is 0 Å². The average molecular weight is 819 g/mol. The summed E-state index contributed by atoms with van der Waals surface area (Å²) < 4.78 is 0. The number of nitrogens with zero attached hydrogens (tertiary/aromatic N) is 6. The van der Waals surface area contributed by atoms with Gasteiger partial charge >= 0.3 is 0 Å². The normalized spacial score (nSPS) is 11.1. The fourth-order valence-electron chi connectivity index (χ4n) is 7.99. The fraction of sp³-hybridized carbons (Fsp3) is 0. The van der Waals surface area contributed by atoms with Gasteiger partial charge in [0.1, 0.15) is 0 Å². The first-order valence-electron chi connectivity index (χ1n) is 21.3. The Morgan fingerprint density at radius 2 is 0.406 bits per heavy atom. The Kier molecular flexibility index (Phi) is 10.1. The summed E-state index contributed by atoms with van der Waals surface area (Å²) in [6.45, 7) is 0. The topological polar surface area (TPSA) is 77.3 Å². The molecule has 2 heterocycles. The number of hydrogen-bond donors (Lipinski definition) is 0. The maximum absolute atomic E-state index is 5.06. The van der Waals surface area contributed by atoms with Crippen LogP contribution in [0.25, 0.3) is 112 Å². The minimum Gasteiger partial charge on any atom is -0.208 e. The van der Waals surface area contributed by atoms with E-state index in [2.05, 4.69) is 133 Å². The van der Waals surface area contributed by atoms with Gasteiger partial charge in [0.15, 0.2) is 34.9 Å². The average Bonchev–Trinajstić information content (AvgIpc) is 3.39. The highest BCUT2D eigenvalue weighted by Gasteiger charge is 2.15. The van der Waals surface area contributed by atoms with Gasteiger partial charge in [-0.3, -0.25) is 0 Å². The Hall–Kier alpha value is -8.74. The third kappa shape index (κ3) is 7.95. The Labute approximate surface area is 371 Å². The minimum absolute atomic E-state index is 0.620. The minimum atomic E-state index is 0.620. The van der Waals surface area contributed by atoms with E-state index in [-0.39, 0.29) is 0 Å². The van der Waals surface area contributed by atoms with Gasteiger partial charge in [0.25, 0.3) is 0 Å². The molecule has 0 aliphatic rings. The number of benzene rings is 9. The first-order valence-corrected chi connectivity index (χ1v) is 21.3. The van der Waals surface area contributed by atoms with Crippen LogP contribution >= 0.6 is 0 Å². The molecule has 0 amide bonds. The predicted octanol–water partition coefficient (Wildman–Crippen LogP) is 14.2. The van der Waals surface area contributed by atoms with Crippen molar-refractivity contribution in [2.24, 2.45) is 0 Å². The SMILES string of the molecule is c1ccc(-c2ccc(-c3nc(-c4ccccc4)nc(-c4cccc(-c5ccc6ccc(-c7ccc(-c8nc(-c9ccccc9)nc(-c9ccccc9)n8)cc7)cc6c5)c4)n3)cc2)cc1. The number of aromatic nitrogens is 6. The smallest absolute Gasteiger partial charge is 0.164 e. The van der Waals surface area contributed by atoms with Crippen LogP contribution in [-0.4, -0.2) is 29.9 Å². The van der Waals surface area contributed by atoms with Crippen molar-refractivity contribution in [2.45, 2.75) is 0 Å². The fourth-order valence-corrected chi connectivity index (χ4v) is 7.99. The lowest BCUT2D eigenvalue weighted by Gasteiger charge is -2.11. The van der Waals surface area contributed by atoms with Crippen molar-refractivity contribution in [3.63, 3.8) is 0 Å². The zero-order valence-electron chi connectivity index (χ0n) is 34.6. The van der Waals surface area contributed by atoms with Crippen molar-refractivity contribution >= 4 is 10.8 Å². The van der Waals surface area contributed by atoms with E-state index >= 15 is 0 Å². The second-order valence-electron chi connectivity index (χ2n) is 15.6. The molecule has 0 aliphatic carbocycles. The monoisotopic (exact) mass is 818 g/mol. The summed E-state index contributed by atoms with van der Waals surface area (Å²) in [4.78, 5) is 29.7. The lowest BCUT2D eigenvalue weighted by Crippen LogP contribution is -2.00. The van der Waals surface area contributed by atoms with E-state index in [1.807, 2.05) is 97.1 Å². The summed E-state index contributed by atoms with van der Waals surface area (Å²) in [7, 11) is 0. The van der Waals surface area contributed by atoms with Crippen molar-refractivity contribution in [1.29, 1.82) is 0 Å². The highest BCUT2D eigenvalue weighted by atomic mass is 15.0. The van der Waals surface area contributed by atoms with Crippen LogP contribution < -0.4 is 0 Å². The zero-order valence-corrected chi connectivity index (χ0v) is 34.6. The Morgan fingerprint density at radius 1 is 0.156 bits per heavy atom. The maximum atomic E-state index is 5.06. The molecule has 11 aromatic rings. The maximum Gasteiger partial charge on any atom is 0.164 e. The molecule has 0 unspecified atom stereocenters. The lowest BCUT2D eigenvalue weighted by atomic mass is 9.96. The Bertz CT molecular complexity index is 3340.